The van der Waals surface area contributed by atoms with E-state index in [1.807, 2.05) is 0 Å². The zero-order valence-electron chi connectivity index (χ0n) is 6.26. The molecule has 3 heteroatoms. The molecule has 1 fully saturated rings. The summed E-state index contributed by atoms with van der Waals surface area (Å²) in [7, 11) is 0. The number of aliphatic hydroxyl groups is 1. The van der Waals surface area contributed by atoms with Gasteiger partial charge >= 0.3 is 5.97 Å². The predicted octanol–water partition coefficient (Wildman–Crippen LogP) is 0.320. The fourth-order valence-electron chi connectivity index (χ4n) is 0.954. The molecule has 0 aromatic rings. The maximum Gasteiger partial charge on any atom is 0.311 e. The van der Waals surface area contributed by atoms with Crippen LogP contribution in [0.15, 0.2) is 0 Å². The smallest absolute Gasteiger partial charge is 0.311 e. The van der Waals surface area contributed by atoms with Gasteiger partial charge in [-0.25, -0.2) is 0 Å². The van der Waals surface area contributed by atoms with E-state index >= 15 is 0 Å². The van der Waals surface area contributed by atoms with Crippen LogP contribution in [-0.4, -0.2) is 23.3 Å². The van der Waals surface area contributed by atoms with Crippen molar-refractivity contribution in [1.29, 1.82) is 0 Å². The Labute approximate surface area is 60.0 Å². The molecule has 0 aliphatic carbocycles. The molecular weight excluding hydrogens is 132 g/mol. The van der Waals surface area contributed by atoms with Crippen LogP contribution < -0.4 is 0 Å². The van der Waals surface area contributed by atoms with Gasteiger partial charge in [-0.3, -0.25) is 4.79 Å². The van der Waals surface area contributed by atoms with E-state index in [0.29, 0.717) is 13.0 Å². The highest BCUT2D eigenvalue weighted by Crippen LogP contribution is 2.25. The molecule has 3 nitrogen and oxygen atoms in total. The summed E-state index contributed by atoms with van der Waals surface area (Å²) >= 11 is 0. The van der Waals surface area contributed by atoms with Crippen LogP contribution in [0, 0.1) is 5.92 Å². The number of carbonyl (C=O) groups is 1. The van der Waals surface area contributed by atoms with Crippen molar-refractivity contribution in [2.45, 2.75) is 25.9 Å². The van der Waals surface area contributed by atoms with Crippen molar-refractivity contribution < 1.29 is 14.6 Å². The lowest BCUT2D eigenvalue weighted by Crippen LogP contribution is -2.44. The first-order valence-corrected chi connectivity index (χ1v) is 3.43. The first-order chi connectivity index (χ1) is 4.54. The lowest BCUT2D eigenvalue weighted by atomic mass is 9.86. The van der Waals surface area contributed by atoms with Gasteiger partial charge in [0.2, 0.25) is 0 Å². The van der Waals surface area contributed by atoms with Gasteiger partial charge in [-0.05, 0) is 13.8 Å². The Bertz CT molecular complexity index is 151. The van der Waals surface area contributed by atoms with Crippen LogP contribution in [0.25, 0.3) is 0 Å². The van der Waals surface area contributed by atoms with Crippen molar-refractivity contribution in [3.63, 3.8) is 0 Å². The van der Waals surface area contributed by atoms with E-state index in [-0.39, 0.29) is 11.9 Å². The van der Waals surface area contributed by atoms with Gasteiger partial charge in [-0.1, -0.05) is 0 Å². The summed E-state index contributed by atoms with van der Waals surface area (Å²) in [6, 6.07) is 0. The van der Waals surface area contributed by atoms with Crippen molar-refractivity contribution in [2.24, 2.45) is 5.92 Å². The Hall–Kier alpha value is -0.570. The van der Waals surface area contributed by atoms with E-state index in [0.717, 1.165) is 0 Å². The standard InChI is InChI=1S/C7H12O3/c1-5-6(8)10-4-3-7(5,2)9/h5,9H,3-4H2,1-2H3. The third-order valence-electron chi connectivity index (χ3n) is 2.14. The quantitative estimate of drug-likeness (QED) is 0.498. The lowest BCUT2D eigenvalue weighted by Gasteiger charge is -2.32. The van der Waals surface area contributed by atoms with Crippen LogP contribution in [0.1, 0.15) is 20.3 Å². The molecule has 0 amide bonds. The van der Waals surface area contributed by atoms with E-state index < -0.39 is 5.60 Å². The van der Waals surface area contributed by atoms with Gasteiger partial charge in [0.1, 0.15) is 0 Å². The summed E-state index contributed by atoms with van der Waals surface area (Å²) < 4.78 is 4.73. The average Bonchev–Trinajstić information content (AvgIpc) is 1.83. The molecule has 10 heavy (non-hydrogen) atoms. The van der Waals surface area contributed by atoms with Crippen LogP contribution in [0.3, 0.4) is 0 Å². The summed E-state index contributed by atoms with van der Waals surface area (Å²) in [5.41, 5.74) is -0.866. The molecule has 0 aromatic carbocycles. The van der Waals surface area contributed by atoms with Gasteiger partial charge in [0.25, 0.3) is 0 Å². The number of esters is 1. The lowest BCUT2D eigenvalue weighted by molar-refractivity contribution is -0.169. The molecule has 1 heterocycles. The van der Waals surface area contributed by atoms with Gasteiger partial charge in [0.15, 0.2) is 0 Å². The zero-order chi connectivity index (χ0) is 7.78. The SMILES string of the molecule is CC1C(=O)OCCC1(C)O. The van der Waals surface area contributed by atoms with Gasteiger partial charge in [0.05, 0.1) is 18.1 Å². The molecular formula is C7H12O3. The Morgan fingerprint density at radius 2 is 2.40 bits per heavy atom. The normalized spacial score (nSPS) is 41.1. The Morgan fingerprint density at radius 1 is 1.80 bits per heavy atom. The van der Waals surface area contributed by atoms with Gasteiger partial charge in [-0.2, -0.15) is 0 Å². The highest BCUT2D eigenvalue weighted by atomic mass is 16.5. The molecule has 0 saturated carbocycles. The topological polar surface area (TPSA) is 46.5 Å². The molecule has 0 spiro atoms. The molecule has 0 aromatic heterocycles. The number of carbonyl (C=O) groups excluding carboxylic acids is 1. The van der Waals surface area contributed by atoms with E-state index in [4.69, 9.17) is 4.74 Å². The molecule has 1 saturated heterocycles. The van der Waals surface area contributed by atoms with Crippen molar-refractivity contribution >= 4 is 5.97 Å². The summed E-state index contributed by atoms with van der Waals surface area (Å²) in [6.45, 7) is 3.69. The Kier molecular flexibility index (Phi) is 1.68. The summed E-state index contributed by atoms with van der Waals surface area (Å²) in [6.07, 6.45) is 0.542. The van der Waals surface area contributed by atoms with E-state index in [9.17, 15) is 9.90 Å². The molecule has 2 atom stereocenters. The summed E-state index contributed by atoms with van der Waals surface area (Å²) in [5.74, 6) is -0.683. The highest BCUT2D eigenvalue weighted by Gasteiger charge is 2.38. The number of hydrogen-bond donors (Lipinski definition) is 1. The van der Waals surface area contributed by atoms with E-state index in [1.54, 1.807) is 13.8 Å². The Morgan fingerprint density at radius 3 is 2.80 bits per heavy atom. The molecule has 1 rings (SSSR count). The fourth-order valence-corrected chi connectivity index (χ4v) is 0.954. The summed E-state index contributed by atoms with van der Waals surface area (Å²) in [4.78, 5) is 10.8. The van der Waals surface area contributed by atoms with Crippen molar-refractivity contribution in [3.8, 4) is 0 Å². The van der Waals surface area contributed by atoms with Crippen LogP contribution in [0.4, 0.5) is 0 Å². The van der Waals surface area contributed by atoms with Crippen molar-refractivity contribution in [2.75, 3.05) is 6.61 Å². The van der Waals surface area contributed by atoms with Crippen molar-refractivity contribution in [1.82, 2.24) is 0 Å². The molecule has 1 N–H and O–H groups in total. The third kappa shape index (κ3) is 1.14. The third-order valence-corrected chi connectivity index (χ3v) is 2.14. The first-order valence-electron chi connectivity index (χ1n) is 3.43. The number of rotatable bonds is 0. The monoisotopic (exact) mass is 144 g/mol. The van der Waals surface area contributed by atoms with E-state index in [2.05, 4.69) is 0 Å². The molecule has 0 bridgehead atoms. The van der Waals surface area contributed by atoms with E-state index in [1.165, 1.54) is 0 Å². The van der Waals surface area contributed by atoms with Crippen LogP contribution in [0.5, 0.6) is 0 Å². The van der Waals surface area contributed by atoms with Crippen LogP contribution in [0.2, 0.25) is 0 Å². The van der Waals surface area contributed by atoms with Gasteiger partial charge in [-0.15, -0.1) is 0 Å². The van der Waals surface area contributed by atoms with Gasteiger partial charge in [0, 0.05) is 6.42 Å². The molecule has 1 aliphatic rings. The average molecular weight is 144 g/mol. The minimum absolute atomic E-state index is 0.295. The first kappa shape index (κ1) is 7.54. The van der Waals surface area contributed by atoms with Crippen LogP contribution in [-0.2, 0) is 9.53 Å². The Balaban J connectivity index is 2.69. The maximum absolute atomic E-state index is 10.8. The molecule has 1 aliphatic heterocycles. The van der Waals surface area contributed by atoms with Crippen LogP contribution >= 0.6 is 0 Å². The van der Waals surface area contributed by atoms with Crippen molar-refractivity contribution in [3.05, 3.63) is 0 Å². The second-order valence-corrected chi connectivity index (χ2v) is 3.00. The summed E-state index contributed by atoms with van der Waals surface area (Å²) in [5, 5.41) is 9.51. The number of ether oxygens (including phenoxy) is 1. The second-order valence-electron chi connectivity index (χ2n) is 3.00. The number of hydrogen-bond acceptors (Lipinski definition) is 3. The van der Waals surface area contributed by atoms with Gasteiger partial charge < -0.3 is 9.84 Å². The molecule has 2 unspecified atom stereocenters. The fraction of sp³-hybridized carbons (Fsp3) is 0.857. The highest BCUT2D eigenvalue weighted by molar-refractivity contribution is 5.74. The molecule has 58 valence electrons. The molecule has 0 radical (unpaired) electrons. The largest absolute Gasteiger partial charge is 0.465 e. The maximum atomic E-state index is 10.8. The minimum Gasteiger partial charge on any atom is -0.465 e. The number of cyclic esters (lactones) is 1. The zero-order valence-corrected chi connectivity index (χ0v) is 6.26. The second kappa shape index (κ2) is 2.23. The predicted molar refractivity (Wildman–Crippen MR) is 35.4 cm³/mol. The minimum atomic E-state index is -0.866.